The second kappa shape index (κ2) is 9.62. The van der Waals surface area contributed by atoms with Crippen molar-refractivity contribution in [1.29, 1.82) is 0 Å². The first-order valence-corrected chi connectivity index (χ1v) is 11.6. The minimum absolute atomic E-state index is 0.0406. The maximum Gasteiger partial charge on any atom is 0.261 e. The van der Waals surface area contributed by atoms with Gasteiger partial charge in [0, 0.05) is 30.6 Å². The van der Waals surface area contributed by atoms with Gasteiger partial charge in [-0.25, -0.2) is 0 Å². The summed E-state index contributed by atoms with van der Waals surface area (Å²) in [5, 5.41) is 5.78. The molecule has 1 heterocycles. The lowest BCUT2D eigenvalue weighted by atomic mass is 9.94. The van der Waals surface area contributed by atoms with Crippen molar-refractivity contribution in [3.8, 4) is 0 Å². The lowest BCUT2D eigenvalue weighted by molar-refractivity contribution is -0.121. The van der Waals surface area contributed by atoms with Crippen LogP contribution in [0.4, 0.5) is 0 Å². The van der Waals surface area contributed by atoms with Crippen LogP contribution in [0.3, 0.4) is 0 Å². The Morgan fingerprint density at radius 3 is 2.23 bits per heavy atom. The number of carbonyl (C=O) groups excluding carboxylic acids is 4. The Bertz CT molecular complexity index is 870. The first-order valence-electron chi connectivity index (χ1n) is 11.6. The van der Waals surface area contributed by atoms with E-state index in [1.54, 1.807) is 12.1 Å². The second-order valence-corrected chi connectivity index (χ2v) is 8.94. The van der Waals surface area contributed by atoms with Gasteiger partial charge < -0.3 is 10.6 Å². The molecule has 0 radical (unpaired) electrons. The molecule has 0 unspecified atom stereocenters. The van der Waals surface area contributed by atoms with Crippen molar-refractivity contribution in [2.75, 3.05) is 6.54 Å². The lowest BCUT2D eigenvalue weighted by Gasteiger charge is -2.29. The van der Waals surface area contributed by atoms with Gasteiger partial charge in [-0.05, 0) is 43.9 Å². The Hall–Kier alpha value is -2.70. The lowest BCUT2D eigenvalue weighted by Crippen LogP contribution is -2.40. The number of imide groups is 1. The zero-order chi connectivity index (χ0) is 21.8. The molecule has 31 heavy (non-hydrogen) atoms. The Balaban J connectivity index is 1.32. The summed E-state index contributed by atoms with van der Waals surface area (Å²) in [5.74, 6) is -0.943. The highest BCUT2D eigenvalue weighted by molar-refractivity contribution is 6.22. The normalized spacial score (nSPS) is 19.9. The average molecular weight is 426 g/mol. The molecule has 1 aliphatic heterocycles. The minimum Gasteiger partial charge on any atom is -0.353 e. The number of rotatable bonds is 6. The summed E-state index contributed by atoms with van der Waals surface area (Å²) < 4.78 is 0. The molecule has 4 rings (SSSR count). The van der Waals surface area contributed by atoms with Crippen LogP contribution >= 0.6 is 0 Å². The van der Waals surface area contributed by atoms with Crippen molar-refractivity contribution >= 4 is 23.6 Å². The molecule has 7 heteroatoms. The molecule has 0 saturated heterocycles. The molecule has 0 bridgehead atoms. The second-order valence-electron chi connectivity index (χ2n) is 8.94. The standard InChI is InChI=1S/C24H31N3O4/c28-21(26-17-7-3-1-4-8-17)13-14-25-22(29)16-11-12-19-20(15-16)24(31)27(23(19)30)18-9-5-2-6-10-18/h11-12,15,17-18H,1-10,13-14H2,(H,25,29)(H,26,28). The fourth-order valence-electron chi connectivity index (χ4n) is 5.01. The molecule has 1 aromatic carbocycles. The molecule has 2 fully saturated rings. The predicted octanol–water partition coefficient (Wildman–Crippen LogP) is 3.18. The number of nitrogens with zero attached hydrogens (tertiary/aromatic N) is 1. The highest BCUT2D eigenvalue weighted by Gasteiger charge is 2.40. The summed E-state index contributed by atoms with van der Waals surface area (Å²) >= 11 is 0. The van der Waals surface area contributed by atoms with E-state index in [-0.39, 0.29) is 48.7 Å². The van der Waals surface area contributed by atoms with Crippen molar-refractivity contribution < 1.29 is 19.2 Å². The maximum absolute atomic E-state index is 12.9. The third-order valence-corrected chi connectivity index (χ3v) is 6.73. The Morgan fingerprint density at radius 1 is 0.871 bits per heavy atom. The molecule has 2 saturated carbocycles. The number of hydrogen-bond acceptors (Lipinski definition) is 4. The summed E-state index contributed by atoms with van der Waals surface area (Å²) in [5.41, 5.74) is 1.01. The van der Waals surface area contributed by atoms with E-state index in [9.17, 15) is 19.2 Å². The molecule has 2 aliphatic carbocycles. The van der Waals surface area contributed by atoms with E-state index in [1.165, 1.54) is 17.4 Å². The van der Waals surface area contributed by atoms with E-state index in [0.717, 1.165) is 57.8 Å². The van der Waals surface area contributed by atoms with Crippen LogP contribution in [0.25, 0.3) is 0 Å². The number of benzene rings is 1. The molecule has 166 valence electrons. The van der Waals surface area contributed by atoms with Crippen molar-refractivity contribution in [3.05, 3.63) is 34.9 Å². The summed E-state index contributed by atoms with van der Waals surface area (Å²) in [6.07, 6.45) is 10.7. The van der Waals surface area contributed by atoms with Gasteiger partial charge in [-0.15, -0.1) is 0 Å². The van der Waals surface area contributed by atoms with Crippen molar-refractivity contribution in [2.45, 2.75) is 82.7 Å². The molecule has 4 amide bonds. The molecule has 0 atom stereocenters. The topological polar surface area (TPSA) is 95.6 Å². The third-order valence-electron chi connectivity index (χ3n) is 6.73. The number of nitrogens with one attached hydrogen (secondary N) is 2. The minimum atomic E-state index is -0.343. The summed E-state index contributed by atoms with van der Waals surface area (Å²) in [7, 11) is 0. The Labute approximate surface area is 182 Å². The van der Waals surface area contributed by atoms with Gasteiger partial charge in [0.25, 0.3) is 17.7 Å². The van der Waals surface area contributed by atoms with E-state index >= 15 is 0 Å². The zero-order valence-corrected chi connectivity index (χ0v) is 18.0. The van der Waals surface area contributed by atoms with Crippen LogP contribution in [0.1, 0.15) is 102 Å². The van der Waals surface area contributed by atoms with Gasteiger partial charge in [-0.2, -0.15) is 0 Å². The van der Waals surface area contributed by atoms with Crippen LogP contribution in [0.15, 0.2) is 18.2 Å². The molecule has 2 N–H and O–H groups in total. The first kappa shape index (κ1) is 21.5. The van der Waals surface area contributed by atoms with Crippen LogP contribution in [0.5, 0.6) is 0 Å². The molecule has 3 aliphatic rings. The van der Waals surface area contributed by atoms with Gasteiger partial charge in [-0.3, -0.25) is 24.1 Å². The molecular weight excluding hydrogens is 394 g/mol. The largest absolute Gasteiger partial charge is 0.353 e. The Kier molecular flexibility index (Phi) is 6.68. The van der Waals surface area contributed by atoms with Gasteiger partial charge in [-0.1, -0.05) is 38.5 Å². The van der Waals surface area contributed by atoms with Crippen LogP contribution in [0.2, 0.25) is 0 Å². The fraction of sp³-hybridized carbons (Fsp3) is 0.583. The van der Waals surface area contributed by atoms with Gasteiger partial charge >= 0.3 is 0 Å². The van der Waals surface area contributed by atoms with Gasteiger partial charge in [0.2, 0.25) is 5.91 Å². The van der Waals surface area contributed by atoms with E-state index in [0.29, 0.717) is 16.7 Å². The van der Waals surface area contributed by atoms with Gasteiger partial charge in [0.1, 0.15) is 0 Å². The van der Waals surface area contributed by atoms with E-state index < -0.39 is 0 Å². The van der Waals surface area contributed by atoms with Crippen LogP contribution in [-0.2, 0) is 4.79 Å². The fourth-order valence-corrected chi connectivity index (χ4v) is 5.01. The molecule has 0 aromatic heterocycles. The summed E-state index contributed by atoms with van der Waals surface area (Å²) in [6.45, 7) is 0.232. The molecular formula is C24H31N3O4. The maximum atomic E-state index is 12.9. The smallest absolute Gasteiger partial charge is 0.261 e. The average Bonchev–Trinajstić information content (AvgIpc) is 3.04. The van der Waals surface area contributed by atoms with Crippen molar-refractivity contribution in [2.24, 2.45) is 0 Å². The van der Waals surface area contributed by atoms with Crippen LogP contribution < -0.4 is 10.6 Å². The van der Waals surface area contributed by atoms with E-state index in [2.05, 4.69) is 10.6 Å². The number of hydrogen-bond donors (Lipinski definition) is 2. The Morgan fingerprint density at radius 2 is 1.52 bits per heavy atom. The quantitative estimate of drug-likeness (QED) is 0.684. The molecule has 1 aromatic rings. The number of carbonyl (C=O) groups is 4. The van der Waals surface area contributed by atoms with E-state index in [1.807, 2.05) is 0 Å². The van der Waals surface area contributed by atoms with Gasteiger partial charge in [0.15, 0.2) is 0 Å². The number of fused-ring (bicyclic) bond motifs is 1. The predicted molar refractivity (Wildman–Crippen MR) is 116 cm³/mol. The number of amides is 4. The van der Waals surface area contributed by atoms with Crippen molar-refractivity contribution in [3.63, 3.8) is 0 Å². The first-order chi connectivity index (χ1) is 15.0. The summed E-state index contributed by atoms with van der Waals surface area (Å²) in [4.78, 5) is 51.7. The van der Waals surface area contributed by atoms with Crippen LogP contribution in [-0.4, -0.2) is 47.2 Å². The summed E-state index contributed by atoms with van der Waals surface area (Å²) in [6, 6.07) is 4.87. The van der Waals surface area contributed by atoms with Crippen molar-refractivity contribution in [1.82, 2.24) is 15.5 Å². The molecule has 7 nitrogen and oxygen atoms in total. The molecule has 0 spiro atoms. The highest BCUT2D eigenvalue weighted by atomic mass is 16.2. The van der Waals surface area contributed by atoms with Gasteiger partial charge in [0.05, 0.1) is 11.1 Å². The SMILES string of the molecule is O=C(CCNC(=O)c1ccc2c(c1)C(=O)N(C1CCCCC1)C2=O)NC1CCCCC1. The zero-order valence-electron chi connectivity index (χ0n) is 18.0. The highest BCUT2D eigenvalue weighted by Crippen LogP contribution is 2.31. The van der Waals surface area contributed by atoms with E-state index in [4.69, 9.17) is 0 Å². The third kappa shape index (κ3) is 4.81. The monoisotopic (exact) mass is 425 g/mol. The van der Waals surface area contributed by atoms with Crippen LogP contribution in [0, 0.1) is 0 Å².